The molecule has 0 N–H and O–H groups in total. The lowest BCUT2D eigenvalue weighted by Gasteiger charge is -2.14. The molecule has 5 heteroatoms. The molecule has 0 bridgehead atoms. The first-order valence-corrected chi connectivity index (χ1v) is 8.32. The monoisotopic (exact) mass is 329 g/mol. The van der Waals surface area contributed by atoms with Gasteiger partial charge in [0, 0.05) is 30.1 Å². The van der Waals surface area contributed by atoms with Crippen molar-refractivity contribution in [3.05, 3.63) is 45.2 Å². The van der Waals surface area contributed by atoms with Gasteiger partial charge in [-0.3, -0.25) is 9.59 Å². The first-order valence-electron chi connectivity index (χ1n) is 8.32. The van der Waals surface area contributed by atoms with E-state index < -0.39 is 11.4 Å². The zero-order valence-corrected chi connectivity index (χ0v) is 14.6. The fourth-order valence-electron chi connectivity index (χ4n) is 2.82. The Morgan fingerprint density at radius 2 is 1.83 bits per heavy atom. The number of esters is 1. The van der Waals surface area contributed by atoms with Crippen molar-refractivity contribution in [2.24, 2.45) is 0 Å². The smallest absolute Gasteiger partial charge is 0.343 e. The minimum absolute atomic E-state index is 0.00365. The summed E-state index contributed by atoms with van der Waals surface area (Å²) in [6.07, 6.45) is 2.72. The fraction of sp³-hybridized carbons (Fsp3) is 0.421. The Hall–Kier alpha value is -2.43. The first kappa shape index (κ1) is 17.9. The van der Waals surface area contributed by atoms with Crippen molar-refractivity contribution >= 4 is 22.7 Å². The van der Waals surface area contributed by atoms with Crippen LogP contribution >= 0.6 is 0 Å². The van der Waals surface area contributed by atoms with E-state index in [0.717, 1.165) is 17.5 Å². The zero-order chi connectivity index (χ0) is 17.9. The summed E-state index contributed by atoms with van der Waals surface area (Å²) >= 11 is 0. The summed E-state index contributed by atoms with van der Waals surface area (Å²) in [6, 6.07) is 3.47. The molecule has 0 atom stereocenters. The van der Waals surface area contributed by atoms with E-state index in [1.54, 1.807) is 13.0 Å². The Bertz CT molecular complexity index is 849. The predicted octanol–water partition coefficient (Wildman–Crippen LogP) is 3.49. The van der Waals surface area contributed by atoms with Gasteiger partial charge in [-0.1, -0.05) is 6.92 Å². The van der Waals surface area contributed by atoms with Crippen LogP contribution in [0.25, 0.3) is 10.9 Å². The number of fused-ring (bicyclic) bond motifs is 1. The average Bonchev–Trinajstić information content (AvgIpc) is 2.55. The molecule has 0 saturated carbocycles. The van der Waals surface area contributed by atoms with E-state index in [9.17, 15) is 14.4 Å². The maximum atomic E-state index is 12.7. The molecule has 0 radical (unpaired) electrons. The topological polar surface area (TPSA) is 65.4 Å². The summed E-state index contributed by atoms with van der Waals surface area (Å²) in [7, 11) is 0. The number of carbonyl (C=O) groups is 2. The molecule has 128 valence electrons. The minimum atomic E-state index is -0.631. The SMILES string of the molecule is CCCC(=O)c1cc2c(=O)c(C(=O)OCC)cn(CC)c2cc1C. The van der Waals surface area contributed by atoms with Crippen LogP contribution in [0.15, 0.2) is 23.1 Å². The van der Waals surface area contributed by atoms with Gasteiger partial charge < -0.3 is 9.30 Å². The number of nitrogens with zero attached hydrogens (tertiary/aromatic N) is 1. The molecule has 0 aliphatic rings. The lowest BCUT2D eigenvalue weighted by Crippen LogP contribution is -2.21. The molecule has 2 rings (SSSR count). The van der Waals surface area contributed by atoms with Crippen molar-refractivity contribution in [1.29, 1.82) is 0 Å². The maximum absolute atomic E-state index is 12.7. The van der Waals surface area contributed by atoms with Crippen LogP contribution in [0.1, 0.15) is 59.9 Å². The fourth-order valence-corrected chi connectivity index (χ4v) is 2.82. The van der Waals surface area contributed by atoms with E-state index in [0.29, 0.717) is 23.9 Å². The highest BCUT2D eigenvalue weighted by molar-refractivity contribution is 6.02. The van der Waals surface area contributed by atoms with Gasteiger partial charge in [0.05, 0.1) is 12.1 Å². The number of rotatable bonds is 6. The van der Waals surface area contributed by atoms with E-state index >= 15 is 0 Å². The lowest BCUT2D eigenvalue weighted by molar-refractivity contribution is 0.0524. The molecule has 24 heavy (non-hydrogen) atoms. The normalized spacial score (nSPS) is 10.8. The number of Topliss-reactive ketones (excluding diaryl/α,β-unsaturated/α-hetero) is 1. The Kier molecular flexibility index (Phi) is 5.54. The zero-order valence-electron chi connectivity index (χ0n) is 14.6. The first-order chi connectivity index (χ1) is 11.4. The minimum Gasteiger partial charge on any atom is -0.462 e. The van der Waals surface area contributed by atoms with Crippen molar-refractivity contribution in [2.75, 3.05) is 6.61 Å². The van der Waals surface area contributed by atoms with E-state index in [-0.39, 0.29) is 18.0 Å². The Morgan fingerprint density at radius 3 is 2.42 bits per heavy atom. The highest BCUT2D eigenvalue weighted by Gasteiger charge is 2.18. The molecule has 0 aliphatic heterocycles. The Labute approximate surface area is 141 Å². The van der Waals surface area contributed by atoms with Gasteiger partial charge in [-0.25, -0.2) is 4.79 Å². The van der Waals surface area contributed by atoms with Crippen LogP contribution in [0.3, 0.4) is 0 Å². The number of hydrogen-bond acceptors (Lipinski definition) is 4. The standard InChI is InChI=1S/C19H23NO4/c1-5-8-17(21)13-10-14-16(9-12(13)4)20(6-2)11-15(18(14)22)19(23)24-7-3/h9-11H,5-8H2,1-4H3. The van der Waals surface area contributed by atoms with Crippen LogP contribution in [0.2, 0.25) is 0 Å². The molecule has 5 nitrogen and oxygen atoms in total. The summed E-state index contributed by atoms with van der Waals surface area (Å²) in [6.45, 7) is 8.25. The van der Waals surface area contributed by atoms with Gasteiger partial charge in [-0.2, -0.15) is 0 Å². The molecule has 0 amide bonds. The molecule has 2 aromatic rings. The van der Waals surface area contributed by atoms with Gasteiger partial charge >= 0.3 is 5.97 Å². The van der Waals surface area contributed by atoms with Crippen molar-refractivity contribution in [2.45, 2.75) is 47.1 Å². The van der Waals surface area contributed by atoms with Crippen LogP contribution < -0.4 is 5.43 Å². The van der Waals surface area contributed by atoms with Crippen molar-refractivity contribution in [1.82, 2.24) is 4.57 Å². The van der Waals surface area contributed by atoms with Crippen LogP contribution in [0.5, 0.6) is 0 Å². The van der Waals surface area contributed by atoms with Crippen LogP contribution in [0.4, 0.5) is 0 Å². The van der Waals surface area contributed by atoms with E-state index in [4.69, 9.17) is 4.74 Å². The second-order valence-electron chi connectivity index (χ2n) is 5.74. The van der Waals surface area contributed by atoms with Gasteiger partial charge in [0.2, 0.25) is 5.43 Å². The van der Waals surface area contributed by atoms with Crippen LogP contribution in [-0.2, 0) is 11.3 Å². The van der Waals surface area contributed by atoms with Crippen LogP contribution in [-0.4, -0.2) is 22.9 Å². The van der Waals surface area contributed by atoms with Gasteiger partial charge in [0.15, 0.2) is 5.78 Å². The van der Waals surface area contributed by atoms with E-state index in [1.165, 1.54) is 6.20 Å². The third kappa shape index (κ3) is 3.25. The number of aromatic nitrogens is 1. The van der Waals surface area contributed by atoms with Crippen LogP contribution in [0, 0.1) is 6.92 Å². The van der Waals surface area contributed by atoms with Crippen molar-refractivity contribution < 1.29 is 14.3 Å². The molecule has 1 heterocycles. The lowest BCUT2D eigenvalue weighted by atomic mass is 9.98. The number of ketones is 1. The molecule has 1 aromatic heterocycles. The highest BCUT2D eigenvalue weighted by atomic mass is 16.5. The molecule has 0 saturated heterocycles. The third-order valence-electron chi connectivity index (χ3n) is 4.04. The quantitative estimate of drug-likeness (QED) is 0.601. The summed E-state index contributed by atoms with van der Waals surface area (Å²) in [4.78, 5) is 37.1. The number of ether oxygens (including phenoxy) is 1. The molecule has 1 aromatic carbocycles. The molecular formula is C19H23NO4. The number of hydrogen-bond donors (Lipinski definition) is 0. The number of carbonyl (C=O) groups excluding carboxylic acids is 2. The number of benzene rings is 1. The number of pyridine rings is 1. The second kappa shape index (κ2) is 7.43. The van der Waals surface area contributed by atoms with Crippen molar-refractivity contribution in [3.8, 4) is 0 Å². The largest absolute Gasteiger partial charge is 0.462 e. The van der Waals surface area contributed by atoms with Gasteiger partial charge in [0.1, 0.15) is 5.56 Å². The van der Waals surface area contributed by atoms with E-state index in [2.05, 4.69) is 0 Å². The Balaban J connectivity index is 2.77. The third-order valence-corrected chi connectivity index (χ3v) is 4.04. The van der Waals surface area contributed by atoms with Gasteiger partial charge in [-0.15, -0.1) is 0 Å². The predicted molar refractivity (Wildman–Crippen MR) is 93.8 cm³/mol. The average molecular weight is 329 g/mol. The van der Waals surface area contributed by atoms with Gasteiger partial charge in [-0.05, 0) is 44.9 Å². The Morgan fingerprint density at radius 1 is 1.12 bits per heavy atom. The number of aryl methyl sites for hydroxylation is 2. The van der Waals surface area contributed by atoms with E-state index in [1.807, 2.05) is 31.4 Å². The van der Waals surface area contributed by atoms with Gasteiger partial charge in [0.25, 0.3) is 0 Å². The summed E-state index contributed by atoms with van der Waals surface area (Å²) < 4.78 is 6.82. The molecule has 0 fully saturated rings. The summed E-state index contributed by atoms with van der Waals surface area (Å²) in [5.41, 5.74) is 1.72. The summed E-state index contributed by atoms with van der Waals surface area (Å²) in [5, 5.41) is 0.382. The molecule has 0 unspecified atom stereocenters. The highest BCUT2D eigenvalue weighted by Crippen LogP contribution is 2.20. The van der Waals surface area contributed by atoms with Crippen molar-refractivity contribution in [3.63, 3.8) is 0 Å². The molecular weight excluding hydrogens is 306 g/mol. The molecule has 0 aliphatic carbocycles. The summed E-state index contributed by atoms with van der Waals surface area (Å²) in [5.74, 6) is -0.616. The maximum Gasteiger partial charge on any atom is 0.343 e. The molecule has 0 spiro atoms. The second-order valence-corrected chi connectivity index (χ2v) is 5.74.